The van der Waals surface area contributed by atoms with Gasteiger partial charge in [0, 0.05) is 6.54 Å². The highest BCUT2D eigenvalue weighted by Crippen LogP contribution is 2.32. The Morgan fingerprint density at radius 2 is 1.45 bits per heavy atom. The first-order valence-electron chi connectivity index (χ1n) is 14.2. The molecule has 2 N–H and O–H groups in total. The van der Waals surface area contributed by atoms with Crippen LogP contribution in [-0.4, -0.2) is 47.7 Å². The van der Waals surface area contributed by atoms with Crippen LogP contribution in [0.3, 0.4) is 0 Å². The van der Waals surface area contributed by atoms with Gasteiger partial charge in [0.15, 0.2) is 11.5 Å². The number of ether oxygens (including phenoxy) is 3. The van der Waals surface area contributed by atoms with E-state index in [0.29, 0.717) is 5.56 Å². The molecule has 0 heterocycles. The topological polar surface area (TPSA) is 128 Å². The predicted molar refractivity (Wildman–Crippen MR) is 151 cm³/mol. The monoisotopic (exact) mass is 561 g/mol. The van der Waals surface area contributed by atoms with Crippen molar-refractivity contribution in [2.45, 2.75) is 112 Å². The number of carboxylic acids is 1. The molecule has 0 radical (unpaired) electrons. The summed E-state index contributed by atoms with van der Waals surface area (Å²) in [6, 6.07) is 3.71. The molecular weight excluding hydrogens is 514 g/mol. The van der Waals surface area contributed by atoms with Gasteiger partial charge in [-0.05, 0) is 54.7 Å². The molecule has 1 aromatic carbocycles. The molecule has 9 nitrogen and oxygen atoms in total. The molecule has 1 unspecified atom stereocenters. The second kappa shape index (κ2) is 14.6. The quantitative estimate of drug-likeness (QED) is 0.252. The van der Waals surface area contributed by atoms with E-state index in [-0.39, 0.29) is 60.0 Å². The van der Waals surface area contributed by atoms with Crippen LogP contribution >= 0.6 is 0 Å². The maximum absolute atomic E-state index is 12.6. The third-order valence-corrected chi connectivity index (χ3v) is 6.45. The fourth-order valence-corrected chi connectivity index (χ4v) is 4.49. The molecule has 9 heteroatoms. The van der Waals surface area contributed by atoms with E-state index in [2.05, 4.69) is 5.32 Å². The van der Waals surface area contributed by atoms with Gasteiger partial charge in [0.25, 0.3) is 0 Å². The molecule has 0 bridgehead atoms. The van der Waals surface area contributed by atoms with Crippen molar-refractivity contribution in [3.8, 4) is 11.5 Å². The van der Waals surface area contributed by atoms with Crippen molar-refractivity contribution in [2.24, 2.45) is 16.7 Å². The number of aliphatic carboxylic acids is 1. The van der Waals surface area contributed by atoms with Crippen LogP contribution in [0, 0.1) is 16.7 Å². The lowest BCUT2D eigenvalue weighted by atomic mass is 9.89. The van der Waals surface area contributed by atoms with Crippen LogP contribution in [0.15, 0.2) is 18.2 Å². The molecule has 1 aliphatic rings. The van der Waals surface area contributed by atoms with Gasteiger partial charge in [-0.2, -0.15) is 0 Å². The van der Waals surface area contributed by atoms with E-state index in [9.17, 15) is 24.3 Å². The van der Waals surface area contributed by atoms with Crippen LogP contribution in [0.25, 0.3) is 0 Å². The number of hydrogen-bond donors (Lipinski definition) is 2. The fourth-order valence-electron chi connectivity index (χ4n) is 4.49. The first kappa shape index (κ1) is 33.3. The zero-order valence-corrected chi connectivity index (χ0v) is 25.1. The fraction of sp³-hybridized carbons (Fsp3) is 0.677. The van der Waals surface area contributed by atoms with E-state index in [1.807, 2.05) is 41.5 Å². The van der Waals surface area contributed by atoms with Gasteiger partial charge in [-0.3, -0.25) is 19.2 Å². The highest BCUT2D eigenvalue weighted by molar-refractivity contribution is 5.77. The number of rotatable bonds is 12. The predicted octanol–water partition coefficient (Wildman–Crippen LogP) is 5.47. The van der Waals surface area contributed by atoms with Crippen molar-refractivity contribution < 1.29 is 38.5 Å². The van der Waals surface area contributed by atoms with E-state index >= 15 is 0 Å². The van der Waals surface area contributed by atoms with Gasteiger partial charge < -0.3 is 24.6 Å². The number of nitrogens with one attached hydrogen (secondary N) is 1. The van der Waals surface area contributed by atoms with Crippen molar-refractivity contribution >= 4 is 23.9 Å². The highest BCUT2D eigenvalue weighted by atomic mass is 16.6. The summed E-state index contributed by atoms with van der Waals surface area (Å²) in [5.41, 5.74) is -0.0313. The van der Waals surface area contributed by atoms with Crippen LogP contribution in [-0.2, 0) is 30.3 Å². The van der Waals surface area contributed by atoms with E-state index in [1.165, 1.54) is 12.1 Å². The van der Waals surface area contributed by atoms with Crippen molar-refractivity contribution in [3.63, 3.8) is 0 Å². The summed E-state index contributed by atoms with van der Waals surface area (Å²) in [7, 11) is 0. The van der Waals surface area contributed by atoms with Crippen molar-refractivity contribution in [1.29, 1.82) is 0 Å². The van der Waals surface area contributed by atoms with Gasteiger partial charge in [0.2, 0.25) is 0 Å². The molecule has 224 valence electrons. The first-order chi connectivity index (χ1) is 18.5. The molecule has 1 saturated carbocycles. The highest BCUT2D eigenvalue weighted by Gasteiger charge is 2.26. The van der Waals surface area contributed by atoms with Crippen molar-refractivity contribution in [3.05, 3.63) is 23.8 Å². The standard InChI is InChI=1S/C31H47NO8/c1-20(38-29(37)22-11-9-8-10-12-22)19-32-23(28(35)36)15-21-13-14-24(39-26(33)17-30(2,3)4)25(16-21)40-27(34)18-31(5,6)7/h13-14,16,20,22-23,32H,8-12,15,17-19H2,1-7H3,(H,35,36)/t20?,23-/m0/s1. The molecule has 1 aromatic rings. The molecular formula is C31H47NO8. The van der Waals surface area contributed by atoms with Crippen LogP contribution in [0.1, 0.15) is 99.0 Å². The Balaban J connectivity index is 2.12. The van der Waals surface area contributed by atoms with E-state index in [4.69, 9.17) is 14.2 Å². The molecule has 0 aliphatic heterocycles. The Morgan fingerprint density at radius 3 is 1.98 bits per heavy atom. The molecule has 0 saturated heterocycles. The smallest absolute Gasteiger partial charge is 0.321 e. The summed E-state index contributed by atoms with van der Waals surface area (Å²) in [5, 5.41) is 12.8. The Kier molecular flexibility index (Phi) is 12.2. The Hall–Kier alpha value is -2.94. The number of hydrogen-bond acceptors (Lipinski definition) is 8. The summed E-state index contributed by atoms with van der Waals surface area (Å²) < 4.78 is 16.7. The molecule has 1 fully saturated rings. The van der Waals surface area contributed by atoms with Gasteiger partial charge in [0.05, 0.1) is 18.8 Å². The number of carbonyl (C=O) groups excluding carboxylic acids is 3. The Labute approximate surface area is 238 Å². The molecule has 1 aliphatic carbocycles. The lowest BCUT2D eigenvalue weighted by molar-refractivity contribution is -0.154. The van der Waals surface area contributed by atoms with Gasteiger partial charge in [-0.1, -0.05) is 66.9 Å². The van der Waals surface area contributed by atoms with Crippen LogP contribution in [0.5, 0.6) is 11.5 Å². The Bertz CT molecular complexity index is 1030. The molecule has 0 spiro atoms. The van der Waals surface area contributed by atoms with Crippen molar-refractivity contribution in [1.82, 2.24) is 5.32 Å². The largest absolute Gasteiger partial charge is 0.480 e. The number of carbonyl (C=O) groups is 4. The number of benzene rings is 1. The average molecular weight is 562 g/mol. The van der Waals surface area contributed by atoms with Crippen molar-refractivity contribution in [2.75, 3.05) is 6.54 Å². The number of esters is 3. The van der Waals surface area contributed by atoms with E-state index in [1.54, 1.807) is 13.0 Å². The second-order valence-electron chi connectivity index (χ2n) is 13.3. The lowest BCUT2D eigenvalue weighted by Gasteiger charge is -2.23. The zero-order valence-electron chi connectivity index (χ0n) is 25.1. The van der Waals surface area contributed by atoms with E-state index < -0.39 is 30.1 Å². The second-order valence-corrected chi connectivity index (χ2v) is 13.3. The molecule has 2 rings (SSSR count). The third-order valence-electron chi connectivity index (χ3n) is 6.45. The summed E-state index contributed by atoms with van der Waals surface area (Å²) in [6.07, 6.45) is 4.74. The maximum atomic E-state index is 12.6. The van der Waals surface area contributed by atoms with E-state index in [0.717, 1.165) is 32.1 Å². The maximum Gasteiger partial charge on any atom is 0.321 e. The van der Waals surface area contributed by atoms with Crippen LogP contribution < -0.4 is 14.8 Å². The third kappa shape index (κ3) is 12.5. The zero-order chi connectivity index (χ0) is 30.1. The van der Waals surface area contributed by atoms with Gasteiger partial charge in [-0.15, -0.1) is 0 Å². The minimum atomic E-state index is -1.07. The average Bonchev–Trinajstić information content (AvgIpc) is 2.81. The minimum absolute atomic E-state index is 0.0629. The minimum Gasteiger partial charge on any atom is -0.480 e. The van der Waals surface area contributed by atoms with Gasteiger partial charge in [0.1, 0.15) is 12.1 Å². The summed E-state index contributed by atoms with van der Waals surface area (Å²) in [4.78, 5) is 49.6. The van der Waals surface area contributed by atoms with Crippen LogP contribution in [0.4, 0.5) is 0 Å². The SMILES string of the molecule is CC(CN[C@@H](Cc1ccc(OC(=O)CC(C)(C)C)c(OC(=O)CC(C)(C)C)c1)C(=O)O)OC(=O)C1CCCCC1. The summed E-state index contributed by atoms with van der Waals surface area (Å²) in [5.74, 6) is -2.16. The summed E-state index contributed by atoms with van der Waals surface area (Å²) in [6.45, 7) is 13.4. The molecule has 0 aromatic heterocycles. The Morgan fingerprint density at radius 1 is 0.900 bits per heavy atom. The summed E-state index contributed by atoms with van der Waals surface area (Å²) >= 11 is 0. The normalized spacial score (nSPS) is 16.1. The van der Waals surface area contributed by atoms with Crippen LogP contribution in [0.2, 0.25) is 0 Å². The molecule has 40 heavy (non-hydrogen) atoms. The molecule has 2 atom stereocenters. The van der Waals surface area contributed by atoms with Gasteiger partial charge in [-0.25, -0.2) is 0 Å². The lowest BCUT2D eigenvalue weighted by Crippen LogP contribution is -2.43. The van der Waals surface area contributed by atoms with Gasteiger partial charge >= 0.3 is 23.9 Å². The first-order valence-corrected chi connectivity index (χ1v) is 14.2. The number of carboxylic acid groups (broad SMARTS) is 1. The molecule has 0 amide bonds.